The molecule has 5 nitrogen and oxygen atoms in total. The van der Waals surface area contributed by atoms with Gasteiger partial charge >= 0.3 is 0 Å². The maximum absolute atomic E-state index is 7.54. The monoisotopic (exact) mass is 248 g/mol. The molecule has 18 heavy (non-hydrogen) atoms. The Hall–Kier alpha value is -1.62. The Balaban J connectivity index is 2.33. The topological polar surface area (TPSA) is 75.2 Å². The van der Waals surface area contributed by atoms with Gasteiger partial charge in [-0.3, -0.25) is 5.41 Å². The number of amidine groups is 1. The maximum Gasteiger partial charge on any atom is 0.129 e. The Morgan fingerprint density at radius 3 is 3.06 bits per heavy atom. The normalized spacial score (nSPS) is 19.9. The standard InChI is InChI=1S/C13H20N4O/c1-3-11-8-18-5-4-17(11)12-7-10(13(14)15)6-9(2)16-12/h6-7,11H,3-5,8H2,1-2H3,(H3,14,15). The number of ether oxygens (including phenoxy) is 1. The molecule has 0 bridgehead atoms. The van der Waals surface area contributed by atoms with Gasteiger partial charge in [-0.15, -0.1) is 0 Å². The summed E-state index contributed by atoms with van der Waals surface area (Å²) in [4.78, 5) is 6.81. The number of aromatic nitrogens is 1. The first-order valence-corrected chi connectivity index (χ1v) is 6.29. The third-order valence-corrected chi connectivity index (χ3v) is 3.24. The van der Waals surface area contributed by atoms with Crippen molar-refractivity contribution in [1.82, 2.24) is 4.98 Å². The first kappa shape index (κ1) is 12.8. The van der Waals surface area contributed by atoms with Crippen molar-refractivity contribution in [3.05, 3.63) is 23.4 Å². The SMILES string of the molecule is CCC1COCCN1c1cc(C(=N)N)cc(C)n1. The second-order valence-electron chi connectivity index (χ2n) is 4.60. The summed E-state index contributed by atoms with van der Waals surface area (Å²) >= 11 is 0. The summed E-state index contributed by atoms with van der Waals surface area (Å²) < 4.78 is 5.50. The number of nitrogens with one attached hydrogen (secondary N) is 1. The smallest absolute Gasteiger partial charge is 0.129 e. The van der Waals surface area contributed by atoms with E-state index >= 15 is 0 Å². The van der Waals surface area contributed by atoms with E-state index in [1.165, 1.54) is 0 Å². The van der Waals surface area contributed by atoms with Gasteiger partial charge in [-0.1, -0.05) is 6.92 Å². The third-order valence-electron chi connectivity index (χ3n) is 3.24. The Morgan fingerprint density at radius 2 is 2.39 bits per heavy atom. The Labute approximate surface area is 107 Å². The predicted molar refractivity (Wildman–Crippen MR) is 72.2 cm³/mol. The summed E-state index contributed by atoms with van der Waals surface area (Å²) in [6.07, 6.45) is 1.02. The van der Waals surface area contributed by atoms with Gasteiger partial charge in [0, 0.05) is 17.8 Å². The Bertz CT molecular complexity index is 447. The van der Waals surface area contributed by atoms with Crippen LogP contribution in [0.5, 0.6) is 0 Å². The molecule has 1 aromatic heterocycles. The highest BCUT2D eigenvalue weighted by Gasteiger charge is 2.23. The van der Waals surface area contributed by atoms with Gasteiger partial charge in [0.15, 0.2) is 0 Å². The molecular weight excluding hydrogens is 228 g/mol. The molecule has 0 spiro atoms. The van der Waals surface area contributed by atoms with Crippen molar-refractivity contribution in [3.63, 3.8) is 0 Å². The fourth-order valence-corrected chi connectivity index (χ4v) is 2.25. The van der Waals surface area contributed by atoms with Crippen molar-refractivity contribution in [3.8, 4) is 0 Å². The Kier molecular flexibility index (Phi) is 3.81. The number of anilines is 1. The minimum absolute atomic E-state index is 0.0862. The van der Waals surface area contributed by atoms with E-state index in [2.05, 4.69) is 16.8 Å². The molecule has 0 aliphatic carbocycles. The lowest BCUT2D eigenvalue weighted by Gasteiger charge is -2.36. The van der Waals surface area contributed by atoms with E-state index in [1.54, 1.807) is 0 Å². The van der Waals surface area contributed by atoms with Crippen molar-refractivity contribution < 1.29 is 4.74 Å². The highest BCUT2D eigenvalue weighted by atomic mass is 16.5. The molecule has 3 N–H and O–H groups in total. The van der Waals surface area contributed by atoms with Crippen LogP contribution in [0.3, 0.4) is 0 Å². The molecule has 0 radical (unpaired) electrons. The van der Waals surface area contributed by atoms with Crippen LogP contribution in [0.25, 0.3) is 0 Å². The molecule has 98 valence electrons. The predicted octanol–water partition coefficient (Wildman–Crippen LogP) is 1.29. The van der Waals surface area contributed by atoms with E-state index in [9.17, 15) is 0 Å². The second kappa shape index (κ2) is 5.35. The number of aryl methyl sites for hydroxylation is 1. The zero-order valence-electron chi connectivity index (χ0n) is 10.9. The van der Waals surface area contributed by atoms with E-state index in [4.69, 9.17) is 15.9 Å². The lowest BCUT2D eigenvalue weighted by molar-refractivity contribution is 0.0925. The molecule has 1 atom stereocenters. The van der Waals surface area contributed by atoms with E-state index < -0.39 is 0 Å². The van der Waals surface area contributed by atoms with Gasteiger partial charge in [-0.2, -0.15) is 0 Å². The third kappa shape index (κ3) is 2.61. The van der Waals surface area contributed by atoms with E-state index in [-0.39, 0.29) is 5.84 Å². The second-order valence-corrected chi connectivity index (χ2v) is 4.60. The van der Waals surface area contributed by atoms with Crippen LogP contribution in [0, 0.1) is 12.3 Å². The van der Waals surface area contributed by atoms with Crippen LogP contribution >= 0.6 is 0 Å². The number of nitrogens with two attached hydrogens (primary N) is 1. The van der Waals surface area contributed by atoms with Crippen LogP contribution < -0.4 is 10.6 Å². The highest BCUT2D eigenvalue weighted by molar-refractivity contribution is 5.95. The van der Waals surface area contributed by atoms with Gasteiger partial charge < -0.3 is 15.4 Å². The number of nitrogens with zero attached hydrogens (tertiary/aromatic N) is 2. The highest BCUT2D eigenvalue weighted by Crippen LogP contribution is 2.21. The molecule has 0 aromatic carbocycles. The number of pyridine rings is 1. The average Bonchev–Trinajstić information content (AvgIpc) is 2.38. The van der Waals surface area contributed by atoms with Crippen molar-refractivity contribution in [2.45, 2.75) is 26.3 Å². The molecule has 1 unspecified atom stereocenters. The lowest BCUT2D eigenvalue weighted by atomic mass is 10.1. The molecule has 2 heterocycles. The van der Waals surface area contributed by atoms with Gasteiger partial charge in [0.1, 0.15) is 11.7 Å². The van der Waals surface area contributed by atoms with Crippen LogP contribution in [0.4, 0.5) is 5.82 Å². The number of morpholine rings is 1. The van der Waals surface area contributed by atoms with Crippen molar-refractivity contribution in [2.75, 3.05) is 24.7 Å². The zero-order valence-corrected chi connectivity index (χ0v) is 10.9. The van der Waals surface area contributed by atoms with Gasteiger partial charge in [0.05, 0.1) is 19.3 Å². The van der Waals surface area contributed by atoms with E-state index in [0.717, 1.165) is 43.3 Å². The van der Waals surface area contributed by atoms with Gasteiger partial charge in [-0.25, -0.2) is 4.98 Å². The van der Waals surface area contributed by atoms with Crippen LogP contribution in [-0.4, -0.2) is 36.6 Å². The van der Waals surface area contributed by atoms with Crippen LogP contribution in [0.2, 0.25) is 0 Å². The molecule has 5 heteroatoms. The van der Waals surface area contributed by atoms with Crippen molar-refractivity contribution in [2.24, 2.45) is 5.73 Å². The first-order chi connectivity index (χ1) is 8.61. The fourth-order valence-electron chi connectivity index (χ4n) is 2.25. The van der Waals surface area contributed by atoms with Gasteiger partial charge in [-0.05, 0) is 25.5 Å². The van der Waals surface area contributed by atoms with E-state index in [0.29, 0.717) is 6.04 Å². The molecular formula is C13H20N4O. The lowest BCUT2D eigenvalue weighted by Crippen LogP contribution is -2.45. The van der Waals surface area contributed by atoms with Crippen LogP contribution in [0.1, 0.15) is 24.6 Å². The molecule has 0 amide bonds. The number of nitrogen functional groups attached to an aromatic ring is 1. The van der Waals surface area contributed by atoms with Crippen LogP contribution in [-0.2, 0) is 4.74 Å². The summed E-state index contributed by atoms with van der Waals surface area (Å²) in [5.41, 5.74) is 7.18. The van der Waals surface area contributed by atoms with Crippen molar-refractivity contribution >= 4 is 11.7 Å². The molecule has 1 aliphatic heterocycles. The maximum atomic E-state index is 7.54. The number of rotatable bonds is 3. The zero-order chi connectivity index (χ0) is 13.1. The summed E-state index contributed by atoms with van der Waals surface area (Å²) in [6.45, 7) is 6.38. The summed E-state index contributed by atoms with van der Waals surface area (Å²) in [7, 11) is 0. The van der Waals surface area contributed by atoms with Crippen LogP contribution in [0.15, 0.2) is 12.1 Å². The van der Waals surface area contributed by atoms with Gasteiger partial charge in [0.2, 0.25) is 0 Å². The minimum Gasteiger partial charge on any atom is -0.384 e. The molecule has 1 saturated heterocycles. The summed E-state index contributed by atoms with van der Waals surface area (Å²) in [6, 6.07) is 4.09. The molecule has 2 rings (SSSR count). The largest absolute Gasteiger partial charge is 0.384 e. The molecule has 1 aliphatic rings. The Morgan fingerprint density at radius 1 is 1.61 bits per heavy atom. The molecule has 1 fully saturated rings. The summed E-state index contributed by atoms with van der Waals surface area (Å²) in [5.74, 6) is 0.985. The van der Waals surface area contributed by atoms with Gasteiger partial charge in [0.25, 0.3) is 0 Å². The first-order valence-electron chi connectivity index (χ1n) is 6.29. The quantitative estimate of drug-likeness (QED) is 0.624. The number of hydrogen-bond acceptors (Lipinski definition) is 4. The number of hydrogen-bond donors (Lipinski definition) is 2. The fraction of sp³-hybridized carbons (Fsp3) is 0.538. The minimum atomic E-state index is 0.0862. The molecule has 0 saturated carbocycles. The van der Waals surface area contributed by atoms with E-state index in [1.807, 2.05) is 19.1 Å². The average molecular weight is 248 g/mol. The van der Waals surface area contributed by atoms with Crippen molar-refractivity contribution in [1.29, 1.82) is 5.41 Å². The molecule has 1 aromatic rings. The summed E-state index contributed by atoms with van der Waals surface area (Å²) in [5, 5.41) is 7.54.